The van der Waals surface area contributed by atoms with Crippen molar-refractivity contribution < 1.29 is 9.32 Å². The smallest absolute Gasteiger partial charge is 0.227 e. The molecule has 0 saturated heterocycles. The fraction of sp³-hybridized carbons (Fsp3) is 0.333. The number of Topliss-reactive ketones (excluding diaryl/α,β-unsaturated/α-hetero) is 1. The second kappa shape index (κ2) is 4.86. The Balaban J connectivity index is 2.18. The zero-order valence-electron chi connectivity index (χ0n) is 9.80. The summed E-state index contributed by atoms with van der Waals surface area (Å²) in [5.41, 5.74) is 1.89. The maximum atomic E-state index is 10.8. The van der Waals surface area contributed by atoms with Crippen molar-refractivity contribution >= 4 is 5.78 Å². The molecule has 0 unspecified atom stereocenters. The molecule has 0 aliphatic rings. The lowest BCUT2D eigenvalue weighted by atomic mass is 10.1. The number of carbonyl (C=O) groups excluding carboxylic acids is 1. The van der Waals surface area contributed by atoms with E-state index in [1.54, 1.807) is 19.3 Å². The van der Waals surface area contributed by atoms with Crippen LogP contribution in [0, 0.1) is 6.92 Å². The van der Waals surface area contributed by atoms with Crippen LogP contribution in [0.2, 0.25) is 0 Å². The van der Waals surface area contributed by atoms with Gasteiger partial charge in [0.15, 0.2) is 0 Å². The van der Waals surface area contributed by atoms with Gasteiger partial charge in [-0.1, -0.05) is 5.16 Å². The third-order valence-corrected chi connectivity index (χ3v) is 2.44. The first-order chi connectivity index (χ1) is 8.16. The number of nitrogens with zero attached hydrogens (tertiary/aromatic N) is 3. The summed E-state index contributed by atoms with van der Waals surface area (Å²) in [6, 6.07) is 1.89. The maximum Gasteiger partial charge on any atom is 0.227 e. The van der Waals surface area contributed by atoms with E-state index in [9.17, 15) is 4.79 Å². The van der Waals surface area contributed by atoms with Crippen LogP contribution in [0.15, 0.2) is 23.0 Å². The number of hydrogen-bond acceptors (Lipinski definition) is 5. The van der Waals surface area contributed by atoms with Crippen molar-refractivity contribution in [2.24, 2.45) is 0 Å². The summed E-state index contributed by atoms with van der Waals surface area (Å²) < 4.78 is 5.08. The van der Waals surface area contributed by atoms with Gasteiger partial charge in [0.25, 0.3) is 0 Å². The number of ketones is 1. The molecule has 88 valence electrons. The van der Waals surface area contributed by atoms with Crippen LogP contribution in [-0.2, 0) is 11.2 Å². The van der Waals surface area contributed by atoms with Crippen molar-refractivity contribution in [2.45, 2.75) is 26.7 Å². The fourth-order valence-electron chi connectivity index (χ4n) is 1.45. The van der Waals surface area contributed by atoms with E-state index < -0.39 is 0 Å². The Hall–Kier alpha value is -2.04. The normalized spacial score (nSPS) is 10.5. The summed E-state index contributed by atoms with van der Waals surface area (Å²) in [4.78, 5) is 19.1. The van der Waals surface area contributed by atoms with Gasteiger partial charge in [0.05, 0.1) is 0 Å². The van der Waals surface area contributed by atoms with Crippen LogP contribution >= 0.6 is 0 Å². The molecular formula is C12H13N3O2. The number of pyridine rings is 1. The Kier molecular flexibility index (Phi) is 3.27. The van der Waals surface area contributed by atoms with Crippen LogP contribution in [0.25, 0.3) is 11.4 Å². The molecule has 0 aliphatic heterocycles. The summed E-state index contributed by atoms with van der Waals surface area (Å²) in [6.07, 6.45) is 4.33. The first-order valence-corrected chi connectivity index (χ1v) is 5.40. The predicted octanol–water partition coefficient (Wildman–Crippen LogP) is 1.96. The molecule has 5 heteroatoms. The second-order valence-corrected chi connectivity index (χ2v) is 3.90. The van der Waals surface area contributed by atoms with E-state index >= 15 is 0 Å². The Morgan fingerprint density at radius 1 is 1.47 bits per heavy atom. The van der Waals surface area contributed by atoms with E-state index in [1.807, 2.05) is 13.0 Å². The summed E-state index contributed by atoms with van der Waals surface area (Å²) in [7, 11) is 0. The third-order valence-electron chi connectivity index (χ3n) is 2.44. The summed E-state index contributed by atoms with van der Waals surface area (Å²) >= 11 is 0. The van der Waals surface area contributed by atoms with Gasteiger partial charge < -0.3 is 9.32 Å². The van der Waals surface area contributed by atoms with Gasteiger partial charge >= 0.3 is 0 Å². The van der Waals surface area contributed by atoms with Crippen LogP contribution in [0.4, 0.5) is 0 Å². The Labute approximate surface area is 98.9 Å². The molecule has 0 radical (unpaired) electrons. The molecule has 0 aliphatic carbocycles. The van der Waals surface area contributed by atoms with E-state index in [0.717, 1.165) is 11.1 Å². The molecule has 17 heavy (non-hydrogen) atoms. The molecule has 2 aromatic rings. The molecule has 0 atom stereocenters. The highest BCUT2D eigenvalue weighted by molar-refractivity contribution is 5.75. The minimum Gasteiger partial charge on any atom is -0.339 e. The Bertz CT molecular complexity index is 534. The molecule has 2 rings (SSSR count). The van der Waals surface area contributed by atoms with Crippen LogP contribution in [-0.4, -0.2) is 20.9 Å². The van der Waals surface area contributed by atoms with Crippen molar-refractivity contribution in [1.29, 1.82) is 0 Å². The number of aromatic nitrogens is 3. The number of hydrogen-bond donors (Lipinski definition) is 0. The molecule has 0 bridgehead atoms. The number of rotatable bonds is 4. The van der Waals surface area contributed by atoms with Gasteiger partial charge in [-0.25, -0.2) is 0 Å². The van der Waals surface area contributed by atoms with Crippen LogP contribution in [0.5, 0.6) is 0 Å². The SMILES string of the molecule is CC(=O)CCc1nc(-c2cnccc2C)no1. The van der Waals surface area contributed by atoms with E-state index in [0.29, 0.717) is 24.6 Å². The van der Waals surface area contributed by atoms with E-state index in [2.05, 4.69) is 15.1 Å². The maximum absolute atomic E-state index is 10.8. The lowest BCUT2D eigenvalue weighted by Gasteiger charge is -1.97. The van der Waals surface area contributed by atoms with Gasteiger partial charge in [0.2, 0.25) is 11.7 Å². The van der Waals surface area contributed by atoms with Gasteiger partial charge in [-0.05, 0) is 25.5 Å². The molecule has 0 fully saturated rings. The summed E-state index contributed by atoms with van der Waals surface area (Å²) in [5.74, 6) is 1.12. The Morgan fingerprint density at radius 2 is 2.29 bits per heavy atom. The summed E-state index contributed by atoms with van der Waals surface area (Å²) in [5, 5.41) is 3.89. The average molecular weight is 231 g/mol. The van der Waals surface area contributed by atoms with E-state index in [-0.39, 0.29) is 5.78 Å². The molecule has 5 nitrogen and oxygen atoms in total. The lowest BCUT2D eigenvalue weighted by molar-refractivity contribution is -0.117. The third kappa shape index (κ3) is 2.75. The molecule has 0 spiro atoms. The van der Waals surface area contributed by atoms with Crippen molar-refractivity contribution in [2.75, 3.05) is 0 Å². The monoisotopic (exact) mass is 231 g/mol. The van der Waals surface area contributed by atoms with Crippen molar-refractivity contribution in [3.8, 4) is 11.4 Å². The van der Waals surface area contributed by atoms with Gasteiger partial charge in [0, 0.05) is 30.8 Å². The molecule has 2 heterocycles. The van der Waals surface area contributed by atoms with E-state index in [1.165, 1.54) is 0 Å². The quantitative estimate of drug-likeness (QED) is 0.804. The highest BCUT2D eigenvalue weighted by Gasteiger charge is 2.11. The highest BCUT2D eigenvalue weighted by atomic mass is 16.5. The molecule has 0 amide bonds. The zero-order valence-corrected chi connectivity index (χ0v) is 9.80. The van der Waals surface area contributed by atoms with Gasteiger partial charge in [-0.2, -0.15) is 4.98 Å². The van der Waals surface area contributed by atoms with Gasteiger partial charge in [-0.3, -0.25) is 4.98 Å². The van der Waals surface area contributed by atoms with Crippen LogP contribution in [0.3, 0.4) is 0 Å². The minimum absolute atomic E-state index is 0.113. The predicted molar refractivity (Wildman–Crippen MR) is 61.3 cm³/mol. The van der Waals surface area contributed by atoms with E-state index in [4.69, 9.17) is 4.52 Å². The van der Waals surface area contributed by atoms with Gasteiger partial charge in [-0.15, -0.1) is 0 Å². The molecule has 0 aromatic carbocycles. The number of aryl methyl sites for hydroxylation is 2. The second-order valence-electron chi connectivity index (χ2n) is 3.90. The molecular weight excluding hydrogens is 218 g/mol. The largest absolute Gasteiger partial charge is 0.339 e. The van der Waals surface area contributed by atoms with Crippen molar-refractivity contribution in [3.05, 3.63) is 29.9 Å². The molecule has 0 N–H and O–H groups in total. The zero-order chi connectivity index (χ0) is 12.3. The number of carbonyl (C=O) groups is 1. The minimum atomic E-state index is 0.113. The van der Waals surface area contributed by atoms with Crippen molar-refractivity contribution in [3.63, 3.8) is 0 Å². The first-order valence-electron chi connectivity index (χ1n) is 5.40. The standard InChI is InChI=1S/C12H13N3O2/c1-8-5-6-13-7-10(8)12-14-11(17-15-12)4-3-9(2)16/h5-7H,3-4H2,1-2H3. The molecule has 0 saturated carbocycles. The Morgan fingerprint density at radius 3 is 3.00 bits per heavy atom. The summed E-state index contributed by atoms with van der Waals surface area (Å²) in [6.45, 7) is 3.51. The first kappa shape index (κ1) is 11.4. The van der Waals surface area contributed by atoms with Crippen LogP contribution < -0.4 is 0 Å². The fourth-order valence-corrected chi connectivity index (χ4v) is 1.45. The lowest BCUT2D eigenvalue weighted by Crippen LogP contribution is -1.94. The molecule has 2 aromatic heterocycles. The van der Waals surface area contributed by atoms with Crippen LogP contribution in [0.1, 0.15) is 24.8 Å². The highest BCUT2D eigenvalue weighted by Crippen LogP contribution is 2.18. The van der Waals surface area contributed by atoms with Crippen molar-refractivity contribution in [1.82, 2.24) is 15.1 Å². The average Bonchev–Trinajstić information content (AvgIpc) is 2.75. The topological polar surface area (TPSA) is 68.9 Å². The van der Waals surface area contributed by atoms with Gasteiger partial charge in [0.1, 0.15) is 5.78 Å².